The standard InChI is InChI=1S/C13H16N4O2S2/c1-9-3-4-11(13(14)20)5-12(9)21(18,19)17(2)8-10-6-15-16-7-10/h3-7H,8H2,1-2H3,(H2,14,20)(H,15,16). The minimum Gasteiger partial charge on any atom is -0.389 e. The van der Waals surface area contributed by atoms with Crippen LogP contribution in [0.3, 0.4) is 0 Å². The molecule has 0 aliphatic heterocycles. The maximum Gasteiger partial charge on any atom is 0.243 e. The summed E-state index contributed by atoms with van der Waals surface area (Å²) in [6, 6.07) is 4.93. The van der Waals surface area contributed by atoms with Crippen molar-refractivity contribution in [3.63, 3.8) is 0 Å². The number of aromatic nitrogens is 2. The molecule has 0 fully saturated rings. The van der Waals surface area contributed by atoms with Crippen LogP contribution in [0, 0.1) is 6.92 Å². The lowest BCUT2D eigenvalue weighted by Crippen LogP contribution is -2.27. The summed E-state index contributed by atoms with van der Waals surface area (Å²) in [6.45, 7) is 1.97. The first kappa shape index (κ1) is 15.6. The summed E-state index contributed by atoms with van der Waals surface area (Å²) in [5.41, 5.74) is 7.53. The fourth-order valence-corrected chi connectivity index (χ4v) is 3.44. The van der Waals surface area contributed by atoms with Gasteiger partial charge in [0.1, 0.15) is 4.99 Å². The van der Waals surface area contributed by atoms with Gasteiger partial charge in [-0.3, -0.25) is 5.10 Å². The van der Waals surface area contributed by atoms with Gasteiger partial charge in [-0.05, 0) is 18.6 Å². The summed E-state index contributed by atoms with van der Waals surface area (Å²) in [7, 11) is -2.10. The molecule has 6 nitrogen and oxygen atoms in total. The normalized spacial score (nSPS) is 11.8. The minimum atomic E-state index is -3.63. The number of nitrogens with two attached hydrogens (primary N) is 1. The van der Waals surface area contributed by atoms with Gasteiger partial charge in [-0.2, -0.15) is 9.40 Å². The largest absolute Gasteiger partial charge is 0.389 e. The third-order valence-corrected chi connectivity index (χ3v) is 5.30. The molecule has 1 aromatic heterocycles. The summed E-state index contributed by atoms with van der Waals surface area (Å²) in [4.78, 5) is 0.378. The molecule has 0 amide bonds. The first-order valence-electron chi connectivity index (χ1n) is 6.17. The van der Waals surface area contributed by atoms with Crippen molar-refractivity contribution in [2.75, 3.05) is 7.05 Å². The highest BCUT2D eigenvalue weighted by Gasteiger charge is 2.23. The second kappa shape index (κ2) is 5.92. The van der Waals surface area contributed by atoms with Crippen LogP contribution in [0.4, 0.5) is 0 Å². The van der Waals surface area contributed by atoms with E-state index in [-0.39, 0.29) is 16.4 Å². The summed E-state index contributed by atoms with van der Waals surface area (Å²) in [6.07, 6.45) is 3.24. The van der Waals surface area contributed by atoms with Crippen LogP contribution in [0.5, 0.6) is 0 Å². The number of sulfonamides is 1. The summed E-state index contributed by atoms with van der Waals surface area (Å²) in [5.74, 6) is 0. The molecular weight excluding hydrogens is 308 g/mol. The highest BCUT2D eigenvalue weighted by Crippen LogP contribution is 2.21. The average Bonchev–Trinajstić information content (AvgIpc) is 2.91. The van der Waals surface area contributed by atoms with Crippen molar-refractivity contribution < 1.29 is 8.42 Å². The Labute approximate surface area is 129 Å². The molecule has 0 bridgehead atoms. The zero-order valence-corrected chi connectivity index (χ0v) is 13.3. The predicted molar refractivity (Wildman–Crippen MR) is 84.3 cm³/mol. The van der Waals surface area contributed by atoms with Crippen LogP contribution in [0.25, 0.3) is 0 Å². The molecule has 2 aromatic rings. The number of nitrogens with zero attached hydrogens (tertiary/aromatic N) is 2. The van der Waals surface area contributed by atoms with Crippen molar-refractivity contribution in [2.45, 2.75) is 18.4 Å². The Hall–Kier alpha value is -1.77. The van der Waals surface area contributed by atoms with E-state index < -0.39 is 10.0 Å². The third-order valence-electron chi connectivity index (χ3n) is 3.12. The highest BCUT2D eigenvalue weighted by atomic mass is 32.2. The van der Waals surface area contributed by atoms with Gasteiger partial charge in [0.05, 0.1) is 11.1 Å². The molecule has 1 heterocycles. The summed E-state index contributed by atoms with van der Waals surface area (Å²) >= 11 is 4.90. The van der Waals surface area contributed by atoms with Crippen LogP contribution in [0.15, 0.2) is 35.5 Å². The van der Waals surface area contributed by atoms with Gasteiger partial charge in [0.2, 0.25) is 10.0 Å². The van der Waals surface area contributed by atoms with Gasteiger partial charge in [0.25, 0.3) is 0 Å². The van der Waals surface area contributed by atoms with Gasteiger partial charge in [0, 0.05) is 30.9 Å². The van der Waals surface area contributed by atoms with Crippen LogP contribution >= 0.6 is 12.2 Å². The molecular formula is C13H16N4O2S2. The average molecular weight is 324 g/mol. The number of hydrogen-bond donors (Lipinski definition) is 2. The number of benzene rings is 1. The highest BCUT2D eigenvalue weighted by molar-refractivity contribution is 7.89. The van der Waals surface area contributed by atoms with Crippen LogP contribution in [0.2, 0.25) is 0 Å². The number of nitrogens with one attached hydrogen (secondary N) is 1. The van der Waals surface area contributed by atoms with Crippen LogP contribution < -0.4 is 5.73 Å². The van der Waals surface area contributed by atoms with Crippen LogP contribution in [-0.2, 0) is 16.6 Å². The Morgan fingerprint density at radius 1 is 1.48 bits per heavy atom. The first-order valence-corrected chi connectivity index (χ1v) is 8.01. The molecule has 0 aliphatic carbocycles. The second-order valence-electron chi connectivity index (χ2n) is 4.71. The lowest BCUT2D eigenvalue weighted by molar-refractivity contribution is 0.466. The lowest BCUT2D eigenvalue weighted by Gasteiger charge is -2.18. The van der Waals surface area contributed by atoms with Crippen molar-refractivity contribution in [2.24, 2.45) is 5.73 Å². The Morgan fingerprint density at radius 3 is 2.76 bits per heavy atom. The van der Waals surface area contributed by atoms with Gasteiger partial charge in [-0.15, -0.1) is 0 Å². The first-order chi connectivity index (χ1) is 9.82. The smallest absolute Gasteiger partial charge is 0.243 e. The van der Waals surface area contributed by atoms with E-state index in [1.165, 1.54) is 17.4 Å². The van der Waals surface area contributed by atoms with Gasteiger partial charge >= 0.3 is 0 Å². The van der Waals surface area contributed by atoms with E-state index in [9.17, 15) is 8.42 Å². The monoisotopic (exact) mass is 324 g/mol. The third kappa shape index (κ3) is 3.29. The molecule has 112 valence electrons. The molecule has 2 rings (SSSR count). The molecule has 3 N–H and O–H groups in total. The number of aromatic amines is 1. The molecule has 21 heavy (non-hydrogen) atoms. The molecule has 0 spiro atoms. The molecule has 0 radical (unpaired) electrons. The fourth-order valence-electron chi connectivity index (χ4n) is 1.91. The van der Waals surface area contributed by atoms with E-state index in [4.69, 9.17) is 18.0 Å². The number of hydrogen-bond acceptors (Lipinski definition) is 4. The number of thiocarbonyl (C=S) groups is 1. The van der Waals surface area contributed by atoms with Crippen molar-refractivity contribution in [3.05, 3.63) is 47.3 Å². The zero-order chi connectivity index (χ0) is 15.6. The maximum absolute atomic E-state index is 12.7. The lowest BCUT2D eigenvalue weighted by atomic mass is 10.1. The van der Waals surface area contributed by atoms with Crippen LogP contribution in [-0.4, -0.2) is 35.0 Å². The van der Waals surface area contributed by atoms with Crippen molar-refractivity contribution in [3.8, 4) is 0 Å². The minimum absolute atomic E-state index is 0.170. The van der Waals surface area contributed by atoms with Crippen LogP contribution in [0.1, 0.15) is 16.7 Å². The van der Waals surface area contributed by atoms with Gasteiger partial charge < -0.3 is 5.73 Å². The SMILES string of the molecule is Cc1ccc(C(N)=S)cc1S(=O)(=O)N(C)Cc1cn[nH]c1. The molecule has 0 atom stereocenters. The molecule has 0 unspecified atom stereocenters. The van der Waals surface area contributed by atoms with E-state index in [1.807, 2.05) is 0 Å². The Balaban J connectivity index is 2.38. The Bertz CT molecular complexity index is 754. The quantitative estimate of drug-likeness (QED) is 0.806. The summed E-state index contributed by atoms with van der Waals surface area (Å²) < 4.78 is 26.6. The topological polar surface area (TPSA) is 92.1 Å². The summed E-state index contributed by atoms with van der Waals surface area (Å²) in [5, 5.41) is 6.46. The number of aryl methyl sites for hydroxylation is 1. The van der Waals surface area contributed by atoms with Gasteiger partial charge in [0.15, 0.2) is 0 Å². The molecule has 1 aromatic carbocycles. The van der Waals surface area contributed by atoms with Gasteiger partial charge in [-0.25, -0.2) is 8.42 Å². The molecule has 8 heteroatoms. The van der Waals surface area contributed by atoms with E-state index in [0.717, 1.165) is 5.56 Å². The molecule has 0 aliphatic rings. The maximum atomic E-state index is 12.7. The number of rotatable bonds is 5. The number of H-pyrrole nitrogens is 1. The Morgan fingerprint density at radius 2 is 2.19 bits per heavy atom. The predicted octanol–water partition coefficient (Wildman–Crippen LogP) is 1.17. The van der Waals surface area contributed by atoms with E-state index in [2.05, 4.69) is 10.2 Å². The van der Waals surface area contributed by atoms with E-state index in [0.29, 0.717) is 11.1 Å². The second-order valence-corrected chi connectivity index (χ2v) is 7.17. The van der Waals surface area contributed by atoms with Crippen molar-refractivity contribution in [1.82, 2.24) is 14.5 Å². The fraction of sp³-hybridized carbons (Fsp3) is 0.231. The van der Waals surface area contributed by atoms with E-state index in [1.54, 1.807) is 31.5 Å². The molecule has 0 saturated carbocycles. The van der Waals surface area contributed by atoms with E-state index >= 15 is 0 Å². The zero-order valence-electron chi connectivity index (χ0n) is 11.7. The molecule has 0 saturated heterocycles. The van der Waals surface area contributed by atoms with Gasteiger partial charge in [-0.1, -0.05) is 24.4 Å². The van der Waals surface area contributed by atoms with Crippen molar-refractivity contribution >= 4 is 27.2 Å². The Kier molecular flexibility index (Phi) is 4.40. The van der Waals surface area contributed by atoms with Crippen molar-refractivity contribution in [1.29, 1.82) is 0 Å².